The maximum Gasteiger partial charge on any atom is 0.232 e. The van der Waals surface area contributed by atoms with E-state index >= 15 is 0 Å². The van der Waals surface area contributed by atoms with Crippen molar-refractivity contribution in [3.63, 3.8) is 0 Å². The van der Waals surface area contributed by atoms with Gasteiger partial charge in [0.2, 0.25) is 5.88 Å². The maximum absolute atomic E-state index is 5.79. The quantitative estimate of drug-likeness (QED) is 0.514. The van der Waals surface area contributed by atoms with Gasteiger partial charge in [-0.05, 0) is 27.6 Å². The molecule has 5 heteroatoms. The van der Waals surface area contributed by atoms with Gasteiger partial charge in [-0.1, -0.05) is 60.7 Å². The van der Waals surface area contributed by atoms with Crippen molar-refractivity contribution in [2.24, 2.45) is 0 Å². The summed E-state index contributed by atoms with van der Waals surface area (Å²) in [5.74, 6) is 0.559. The summed E-state index contributed by atoms with van der Waals surface area (Å²) in [6.07, 6.45) is 0. The number of benzene rings is 2. The van der Waals surface area contributed by atoms with E-state index in [1.54, 1.807) is 4.52 Å². The summed E-state index contributed by atoms with van der Waals surface area (Å²) in [5, 5.41) is 4.52. The zero-order chi connectivity index (χ0) is 16.4. The van der Waals surface area contributed by atoms with E-state index in [4.69, 9.17) is 4.74 Å². The molecule has 0 N–H and O–H groups in total. The van der Waals surface area contributed by atoms with Crippen molar-refractivity contribution >= 4 is 21.6 Å². The molecule has 0 aliphatic heterocycles. The van der Waals surface area contributed by atoms with Crippen LogP contribution in [0.25, 0.3) is 16.9 Å². The van der Waals surface area contributed by atoms with Gasteiger partial charge in [0.25, 0.3) is 0 Å². The Kier molecular flexibility index (Phi) is 4.01. The van der Waals surface area contributed by atoms with Gasteiger partial charge in [0.1, 0.15) is 16.9 Å². The van der Waals surface area contributed by atoms with E-state index in [9.17, 15) is 0 Å². The third-order valence-corrected chi connectivity index (χ3v) is 4.39. The minimum absolute atomic E-state index is 0.483. The Balaban J connectivity index is 1.64. The van der Waals surface area contributed by atoms with Crippen molar-refractivity contribution in [3.8, 4) is 17.1 Å². The number of hydrogen-bond donors (Lipinski definition) is 0. The van der Waals surface area contributed by atoms with Gasteiger partial charge in [-0.15, -0.1) is 5.10 Å². The number of ether oxygens (including phenoxy) is 1. The zero-order valence-electron chi connectivity index (χ0n) is 12.8. The van der Waals surface area contributed by atoms with Crippen LogP contribution in [0.5, 0.6) is 5.88 Å². The number of aromatic nitrogens is 3. The Hall–Kier alpha value is -2.66. The van der Waals surface area contributed by atoms with E-state index in [0.717, 1.165) is 27.1 Å². The molecule has 4 rings (SSSR count). The molecule has 0 amide bonds. The van der Waals surface area contributed by atoms with E-state index < -0.39 is 0 Å². The first-order chi connectivity index (χ1) is 11.8. The number of nitrogens with zero attached hydrogens (tertiary/aromatic N) is 3. The number of fused-ring (bicyclic) bond motifs is 1. The van der Waals surface area contributed by atoms with Gasteiger partial charge in [-0.25, -0.2) is 9.50 Å². The van der Waals surface area contributed by atoms with E-state index in [0.29, 0.717) is 12.5 Å². The molecule has 0 spiro atoms. The maximum atomic E-state index is 5.79. The van der Waals surface area contributed by atoms with Crippen LogP contribution in [0.4, 0.5) is 0 Å². The Bertz CT molecular complexity index is 968. The van der Waals surface area contributed by atoms with Crippen LogP contribution < -0.4 is 4.74 Å². The molecular weight excluding hydrogens is 366 g/mol. The fourth-order valence-electron chi connectivity index (χ4n) is 2.48. The van der Waals surface area contributed by atoms with Gasteiger partial charge in [0, 0.05) is 11.6 Å². The van der Waals surface area contributed by atoms with Crippen LogP contribution in [0, 0.1) is 0 Å². The average molecular weight is 380 g/mol. The number of hydrogen-bond acceptors (Lipinski definition) is 3. The van der Waals surface area contributed by atoms with Gasteiger partial charge in [0.05, 0.1) is 0 Å². The minimum Gasteiger partial charge on any atom is -0.472 e. The molecular formula is C19H14BrN3O. The largest absolute Gasteiger partial charge is 0.472 e. The molecule has 0 aliphatic rings. The third kappa shape index (κ3) is 2.90. The molecule has 118 valence electrons. The molecule has 0 radical (unpaired) electrons. The van der Waals surface area contributed by atoms with Gasteiger partial charge in [0.15, 0.2) is 5.65 Å². The van der Waals surface area contributed by atoms with Gasteiger partial charge >= 0.3 is 0 Å². The van der Waals surface area contributed by atoms with E-state index in [-0.39, 0.29) is 0 Å². The van der Waals surface area contributed by atoms with Crippen molar-refractivity contribution in [1.82, 2.24) is 14.6 Å². The molecule has 2 aromatic carbocycles. The zero-order valence-corrected chi connectivity index (χ0v) is 14.3. The second-order valence-electron chi connectivity index (χ2n) is 5.33. The van der Waals surface area contributed by atoms with Gasteiger partial charge < -0.3 is 4.74 Å². The molecule has 0 unspecified atom stereocenters. The monoisotopic (exact) mass is 379 g/mol. The summed E-state index contributed by atoms with van der Waals surface area (Å²) >= 11 is 3.60. The lowest BCUT2D eigenvalue weighted by atomic mass is 10.2. The second kappa shape index (κ2) is 6.45. The molecule has 0 aliphatic carbocycles. The van der Waals surface area contributed by atoms with Gasteiger partial charge in [-0.3, -0.25) is 0 Å². The van der Waals surface area contributed by atoms with Crippen LogP contribution in [0.1, 0.15) is 5.56 Å². The SMILES string of the molecule is Brc1c(-c2ccccc2)nc2ccc(OCc3ccccc3)nn12. The first kappa shape index (κ1) is 14.9. The summed E-state index contributed by atoms with van der Waals surface area (Å²) in [5.41, 5.74) is 3.78. The van der Waals surface area contributed by atoms with Crippen LogP contribution in [0.15, 0.2) is 77.4 Å². The fraction of sp³-hybridized carbons (Fsp3) is 0.0526. The summed E-state index contributed by atoms with van der Waals surface area (Å²) in [6, 6.07) is 23.8. The predicted molar refractivity (Wildman–Crippen MR) is 96.9 cm³/mol. The molecule has 0 saturated heterocycles. The topological polar surface area (TPSA) is 39.4 Å². The lowest BCUT2D eigenvalue weighted by Gasteiger charge is -2.05. The van der Waals surface area contributed by atoms with Crippen LogP contribution >= 0.6 is 15.9 Å². The summed E-state index contributed by atoms with van der Waals surface area (Å²) in [4.78, 5) is 4.64. The van der Waals surface area contributed by atoms with E-state index in [2.05, 4.69) is 26.0 Å². The normalized spacial score (nSPS) is 10.9. The summed E-state index contributed by atoms with van der Waals surface area (Å²) in [7, 11) is 0. The molecule has 24 heavy (non-hydrogen) atoms. The van der Waals surface area contributed by atoms with Crippen LogP contribution in [0.2, 0.25) is 0 Å². The summed E-state index contributed by atoms with van der Waals surface area (Å²) in [6.45, 7) is 0.483. The standard InChI is InChI=1S/C19H14BrN3O/c20-19-18(15-9-5-2-6-10-15)21-16-11-12-17(22-23(16)19)24-13-14-7-3-1-4-8-14/h1-12H,13H2. The van der Waals surface area contributed by atoms with Crippen molar-refractivity contribution in [2.45, 2.75) is 6.61 Å². The highest BCUT2D eigenvalue weighted by Gasteiger charge is 2.13. The van der Waals surface area contributed by atoms with Crippen LogP contribution in [-0.2, 0) is 6.61 Å². The Labute approximate surface area is 147 Å². The smallest absolute Gasteiger partial charge is 0.232 e. The third-order valence-electron chi connectivity index (χ3n) is 3.68. The van der Waals surface area contributed by atoms with E-state index in [1.165, 1.54) is 0 Å². The molecule has 2 heterocycles. The molecule has 2 aromatic heterocycles. The van der Waals surface area contributed by atoms with Crippen molar-refractivity contribution < 1.29 is 4.74 Å². The lowest BCUT2D eigenvalue weighted by Crippen LogP contribution is -2.00. The van der Waals surface area contributed by atoms with Crippen molar-refractivity contribution in [2.75, 3.05) is 0 Å². The molecule has 0 fully saturated rings. The van der Waals surface area contributed by atoms with Crippen molar-refractivity contribution in [1.29, 1.82) is 0 Å². The highest BCUT2D eigenvalue weighted by Crippen LogP contribution is 2.28. The Morgan fingerprint density at radius 1 is 0.875 bits per heavy atom. The van der Waals surface area contributed by atoms with E-state index in [1.807, 2.05) is 72.8 Å². The van der Waals surface area contributed by atoms with Gasteiger partial charge in [-0.2, -0.15) is 0 Å². The number of rotatable bonds is 4. The molecule has 4 nitrogen and oxygen atoms in total. The summed E-state index contributed by atoms with van der Waals surface area (Å²) < 4.78 is 8.36. The molecule has 0 saturated carbocycles. The minimum atomic E-state index is 0.483. The fourth-order valence-corrected chi connectivity index (χ4v) is 3.06. The Morgan fingerprint density at radius 2 is 1.58 bits per heavy atom. The first-order valence-electron chi connectivity index (χ1n) is 7.59. The second-order valence-corrected chi connectivity index (χ2v) is 6.08. The highest BCUT2D eigenvalue weighted by molar-refractivity contribution is 9.10. The number of halogens is 1. The van der Waals surface area contributed by atoms with Crippen LogP contribution in [0.3, 0.4) is 0 Å². The number of imidazole rings is 1. The first-order valence-corrected chi connectivity index (χ1v) is 8.38. The molecule has 4 aromatic rings. The molecule has 0 atom stereocenters. The van der Waals surface area contributed by atoms with Crippen LogP contribution in [-0.4, -0.2) is 14.6 Å². The highest BCUT2D eigenvalue weighted by atomic mass is 79.9. The predicted octanol–water partition coefficient (Wildman–Crippen LogP) is 4.74. The lowest BCUT2D eigenvalue weighted by molar-refractivity contribution is 0.289. The van der Waals surface area contributed by atoms with Crippen molar-refractivity contribution in [3.05, 3.63) is 83.0 Å². The molecule has 0 bridgehead atoms. The Morgan fingerprint density at radius 3 is 2.33 bits per heavy atom. The average Bonchev–Trinajstić information content (AvgIpc) is 2.98.